The van der Waals surface area contributed by atoms with Crippen molar-refractivity contribution in [1.82, 2.24) is 0 Å². The van der Waals surface area contributed by atoms with Crippen molar-refractivity contribution in [1.29, 1.82) is 0 Å². The molecular formula is C18H14BrClO3. The second-order valence-electron chi connectivity index (χ2n) is 5.06. The summed E-state index contributed by atoms with van der Waals surface area (Å²) in [4.78, 5) is 12.8. The Bertz CT molecular complexity index is 901. The molecule has 0 unspecified atom stereocenters. The fourth-order valence-corrected chi connectivity index (χ4v) is 2.77. The molecule has 0 saturated heterocycles. The molecule has 0 aliphatic heterocycles. The Morgan fingerprint density at radius 2 is 1.91 bits per heavy atom. The minimum absolute atomic E-state index is 0.0573. The molecule has 23 heavy (non-hydrogen) atoms. The number of aryl methyl sites for hydroxylation is 1. The summed E-state index contributed by atoms with van der Waals surface area (Å²) >= 11 is 9.23. The SMILES string of the molecule is Cc1oc2cc(OCCBr)ccc2c(=O)c1-c1ccc(Cl)cc1. The molecule has 0 bridgehead atoms. The molecule has 1 heterocycles. The van der Waals surface area contributed by atoms with Crippen LogP contribution in [0.15, 0.2) is 51.7 Å². The Hall–Kier alpha value is -1.78. The minimum Gasteiger partial charge on any atom is -0.493 e. The van der Waals surface area contributed by atoms with Gasteiger partial charge >= 0.3 is 0 Å². The Morgan fingerprint density at radius 1 is 1.17 bits per heavy atom. The van der Waals surface area contributed by atoms with E-state index >= 15 is 0 Å². The number of fused-ring (bicyclic) bond motifs is 1. The van der Waals surface area contributed by atoms with E-state index < -0.39 is 0 Å². The van der Waals surface area contributed by atoms with Crippen molar-refractivity contribution >= 4 is 38.5 Å². The molecule has 5 heteroatoms. The third kappa shape index (κ3) is 3.28. The number of benzene rings is 2. The van der Waals surface area contributed by atoms with Gasteiger partial charge in [0, 0.05) is 16.4 Å². The Labute approximate surface area is 147 Å². The van der Waals surface area contributed by atoms with Gasteiger partial charge in [-0.3, -0.25) is 4.79 Å². The molecule has 0 saturated carbocycles. The second-order valence-corrected chi connectivity index (χ2v) is 6.29. The Balaban J connectivity index is 2.14. The summed E-state index contributed by atoms with van der Waals surface area (Å²) in [6.07, 6.45) is 0. The third-order valence-corrected chi connectivity index (χ3v) is 4.09. The summed E-state index contributed by atoms with van der Waals surface area (Å²) in [5, 5.41) is 1.90. The molecule has 0 fully saturated rings. The first kappa shape index (κ1) is 16.1. The summed E-state index contributed by atoms with van der Waals surface area (Å²) in [5.74, 6) is 1.25. The van der Waals surface area contributed by atoms with Crippen LogP contribution in [0.3, 0.4) is 0 Å². The van der Waals surface area contributed by atoms with Gasteiger partial charge in [-0.2, -0.15) is 0 Å². The standard InChI is InChI=1S/C18H14BrClO3/c1-11-17(12-2-4-13(20)5-3-12)18(21)15-7-6-14(22-9-8-19)10-16(15)23-11/h2-7,10H,8-9H2,1H3. The average Bonchev–Trinajstić information content (AvgIpc) is 2.54. The van der Waals surface area contributed by atoms with E-state index in [1.54, 1.807) is 37.3 Å². The lowest BCUT2D eigenvalue weighted by atomic mass is 10.0. The maximum atomic E-state index is 12.8. The number of ether oxygens (including phenoxy) is 1. The molecule has 0 aliphatic carbocycles. The Morgan fingerprint density at radius 3 is 2.61 bits per heavy atom. The number of hydrogen-bond acceptors (Lipinski definition) is 3. The monoisotopic (exact) mass is 392 g/mol. The van der Waals surface area contributed by atoms with Gasteiger partial charge in [-0.05, 0) is 36.8 Å². The average molecular weight is 394 g/mol. The van der Waals surface area contributed by atoms with Crippen LogP contribution in [0, 0.1) is 6.92 Å². The van der Waals surface area contributed by atoms with Gasteiger partial charge in [0.05, 0.1) is 17.6 Å². The topological polar surface area (TPSA) is 39.4 Å². The second kappa shape index (κ2) is 6.77. The van der Waals surface area contributed by atoms with Crippen LogP contribution < -0.4 is 10.2 Å². The highest BCUT2D eigenvalue weighted by Gasteiger charge is 2.14. The predicted octanol–water partition coefficient (Wildman–Crippen LogP) is 5.20. The van der Waals surface area contributed by atoms with E-state index in [1.807, 2.05) is 12.1 Å². The zero-order valence-electron chi connectivity index (χ0n) is 12.4. The molecule has 0 aliphatic rings. The lowest BCUT2D eigenvalue weighted by Crippen LogP contribution is -2.07. The van der Waals surface area contributed by atoms with Crippen LogP contribution in [0.25, 0.3) is 22.1 Å². The van der Waals surface area contributed by atoms with Gasteiger partial charge < -0.3 is 9.15 Å². The summed E-state index contributed by atoms with van der Waals surface area (Å²) in [7, 11) is 0. The van der Waals surface area contributed by atoms with Crippen molar-refractivity contribution in [3.05, 3.63) is 63.5 Å². The van der Waals surface area contributed by atoms with Crippen LogP contribution in [0.1, 0.15) is 5.76 Å². The highest BCUT2D eigenvalue weighted by Crippen LogP contribution is 2.27. The molecule has 3 nitrogen and oxygen atoms in total. The minimum atomic E-state index is -0.0573. The highest BCUT2D eigenvalue weighted by molar-refractivity contribution is 9.09. The van der Waals surface area contributed by atoms with Crippen molar-refractivity contribution in [3.63, 3.8) is 0 Å². The summed E-state index contributed by atoms with van der Waals surface area (Å²) in [5.41, 5.74) is 1.82. The Kier molecular flexibility index (Phi) is 4.74. The molecule has 0 atom stereocenters. The molecular weight excluding hydrogens is 380 g/mol. The van der Waals surface area contributed by atoms with Crippen LogP contribution >= 0.6 is 27.5 Å². The fourth-order valence-electron chi connectivity index (χ4n) is 2.48. The van der Waals surface area contributed by atoms with Crippen molar-refractivity contribution in [2.24, 2.45) is 0 Å². The zero-order chi connectivity index (χ0) is 16.4. The van der Waals surface area contributed by atoms with E-state index in [2.05, 4.69) is 15.9 Å². The molecule has 3 rings (SSSR count). The molecule has 0 spiro atoms. The van der Waals surface area contributed by atoms with E-state index in [0.29, 0.717) is 39.7 Å². The van der Waals surface area contributed by atoms with Crippen LogP contribution in [0.4, 0.5) is 0 Å². The molecule has 0 N–H and O–H groups in total. The summed E-state index contributed by atoms with van der Waals surface area (Å²) in [6.45, 7) is 2.34. The van der Waals surface area contributed by atoms with E-state index in [-0.39, 0.29) is 5.43 Å². The molecule has 0 radical (unpaired) electrons. The first-order valence-electron chi connectivity index (χ1n) is 7.12. The van der Waals surface area contributed by atoms with Crippen molar-refractivity contribution in [2.45, 2.75) is 6.92 Å². The van der Waals surface area contributed by atoms with Crippen molar-refractivity contribution in [3.8, 4) is 16.9 Å². The van der Waals surface area contributed by atoms with Gasteiger partial charge in [0.25, 0.3) is 0 Å². The first-order valence-corrected chi connectivity index (χ1v) is 8.62. The maximum absolute atomic E-state index is 12.8. The van der Waals surface area contributed by atoms with Gasteiger partial charge in [-0.1, -0.05) is 39.7 Å². The lowest BCUT2D eigenvalue weighted by Gasteiger charge is -2.09. The van der Waals surface area contributed by atoms with Crippen LogP contribution in [-0.4, -0.2) is 11.9 Å². The van der Waals surface area contributed by atoms with E-state index in [4.69, 9.17) is 20.8 Å². The highest BCUT2D eigenvalue weighted by atomic mass is 79.9. The van der Waals surface area contributed by atoms with Crippen LogP contribution in [-0.2, 0) is 0 Å². The molecule has 2 aromatic carbocycles. The van der Waals surface area contributed by atoms with Gasteiger partial charge in [0.15, 0.2) is 0 Å². The number of rotatable bonds is 4. The number of hydrogen-bond donors (Lipinski definition) is 0. The zero-order valence-corrected chi connectivity index (χ0v) is 14.8. The molecule has 1 aromatic heterocycles. The lowest BCUT2D eigenvalue weighted by molar-refractivity contribution is 0.345. The van der Waals surface area contributed by atoms with E-state index in [9.17, 15) is 4.79 Å². The van der Waals surface area contributed by atoms with Crippen LogP contribution in [0.2, 0.25) is 5.02 Å². The maximum Gasteiger partial charge on any atom is 0.200 e. The molecule has 118 valence electrons. The summed E-state index contributed by atoms with van der Waals surface area (Å²) in [6, 6.07) is 12.4. The molecule has 3 aromatic rings. The summed E-state index contributed by atoms with van der Waals surface area (Å²) < 4.78 is 11.4. The number of alkyl halides is 1. The smallest absolute Gasteiger partial charge is 0.200 e. The van der Waals surface area contributed by atoms with Gasteiger partial charge in [0.1, 0.15) is 17.1 Å². The molecule has 0 amide bonds. The van der Waals surface area contributed by atoms with Gasteiger partial charge in [-0.15, -0.1) is 0 Å². The quantitative estimate of drug-likeness (QED) is 0.572. The number of halogens is 2. The van der Waals surface area contributed by atoms with Gasteiger partial charge in [-0.25, -0.2) is 0 Å². The normalized spacial score (nSPS) is 10.9. The van der Waals surface area contributed by atoms with Crippen LogP contribution in [0.5, 0.6) is 5.75 Å². The first-order chi connectivity index (χ1) is 11.1. The van der Waals surface area contributed by atoms with E-state index in [1.165, 1.54) is 0 Å². The third-order valence-electron chi connectivity index (χ3n) is 3.52. The van der Waals surface area contributed by atoms with Gasteiger partial charge in [0.2, 0.25) is 5.43 Å². The largest absolute Gasteiger partial charge is 0.493 e. The predicted molar refractivity (Wildman–Crippen MR) is 97.0 cm³/mol. The van der Waals surface area contributed by atoms with Crippen molar-refractivity contribution < 1.29 is 9.15 Å². The fraction of sp³-hybridized carbons (Fsp3) is 0.167. The van der Waals surface area contributed by atoms with Crippen molar-refractivity contribution in [2.75, 3.05) is 11.9 Å². The van der Waals surface area contributed by atoms with E-state index in [0.717, 1.165) is 10.9 Å².